The number of rotatable bonds is 7. The van der Waals surface area contributed by atoms with Gasteiger partial charge in [-0.15, -0.1) is 0 Å². The molecule has 0 aliphatic carbocycles. The molecule has 0 radical (unpaired) electrons. The Balaban J connectivity index is 1.45. The topological polar surface area (TPSA) is 64.6 Å². The molecule has 0 heterocycles. The monoisotopic (exact) mass is 417 g/mol. The summed E-state index contributed by atoms with van der Waals surface area (Å²) >= 11 is 0. The Bertz CT molecular complexity index is 1000. The van der Waals surface area contributed by atoms with Crippen LogP contribution in [0.2, 0.25) is 0 Å². The van der Waals surface area contributed by atoms with Crippen molar-refractivity contribution < 1.29 is 19.1 Å². The first-order valence-electron chi connectivity index (χ1n) is 10.2. The minimum atomic E-state index is -0.528. The highest BCUT2D eigenvalue weighted by Gasteiger charge is 2.15. The van der Waals surface area contributed by atoms with E-state index in [-0.39, 0.29) is 12.0 Å². The van der Waals surface area contributed by atoms with Gasteiger partial charge in [-0.3, -0.25) is 4.79 Å². The second kappa shape index (κ2) is 9.94. The van der Waals surface area contributed by atoms with Crippen molar-refractivity contribution in [3.63, 3.8) is 0 Å². The van der Waals surface area contributed by atoms with Gasteiger partial charge in [0, 0.05) is 5.69 Å². The van der Waals surface area contributed by atoms with Gasteiger partial charge in [-0.2, -0.15) is 0 Å². The fraction of sp³-hybridized carbons (Fsp3) is 0.231. The molecule has 3 rings (SSSR count). The van der Waals surface area contributed by atoms with Gasteiger partial charge in [-0.05, 0) is 52.9 Å². The van der Waals surface area contributed by atoms with Crippen molar-refractivity contribution in [2.45, 2.75) is 32.8 Å². The molecule has 3 aromatic rings. The SMILES string of the molecule is CC(C)(C)c1ccc(C(=O)OCC(=O)Nc2ccc(OCc3ccccc3)cc2)cc1. The summed E-state index contributed by atoms with van der Waals surface area (Å²) in [6.45, 7) is 6.43. The van der Waals surface area contributed by atoms with Crippen LogP contribution in [0.3, 0.4) is 0 Å². The second-order valence-electron chi connectivity index (χ2n) is 8.25. The molecule has 0 aliphatic rings. The Morgan fingerprint density at radius 3 is 2.10 bits per heavy atom. The fourth-order valence-electron chi connectivity index (χ4n) is 2.89. The minimum absolute atomic E-state index is 0.00442. The highest BCUT2D eigenvalue weighted by Crippen LogP contribution is 2.22. The van der Waals surface area contributed by atoms with Gasteiger partial charge in [-0.1, -0.05) is 63.2 Å². The minimum Gasteiger partial charge on any atom is -0.489 e. The van der Waals surface area contributed by atoms with Crippen molar-refractivity contribution >= 4 is 17.6 Å². The third-order valence-corrected chi connectivity index (χ3v) is 4.71. The molecule has 0 bridgehead atoms. The van der Waals surface area contributed by atoms with Gasteiger partial charge in [0.1, 0.15) is 12.4 Å². The summed E-state index contributed by atoms with van der Waals surface area (Å²) in [6, 6.07) is 24.2. The number of carbonyl (C=O) groups is 2. The first-order chi connectivity index (χ1) is 14.8. The van der Waals surface area contributed by atoms with Gasteiger partial charge >= 0.3 is 5.97 Å². The van der Waals surface area contributed by atoms with E-state index < -0.39 is 11.9 Å². The van der Waals surface area contributed by atoms with Crippen molar-refractivity contribution in [1.29, 1.82) is 0 Å². The van der Waals surface area contributed by atoms with Crippen LogP contribution in [0.5, 0.6) is 5.75 Å². The molecular formula is C26H27NO4. The van der Waals surface area contributed by atoms with Gasteiger partial charge < -0.3 is 14.8 Å². The van der Waals surface area contributed by atoms with Gasteiger partial charge in [0.05, 0.1) is 5.56 Å². The van der Waals surface area contributed by atoms with E-state index in [1.54, 1.807) is 36.4 Å². The maximum Gasteiger partial charge on any atom is 0.338 e. The first kappa shape index (κ1) is 22.1. The summed E-state index contributed by atoms with van der Waals surface area (Å²) in [5, 5.41) is 2.71. The van der Waals surface area contributed by atoms with Crippen LogP contribution < -0.4 is 10.1 Å². The van der Waals surface area contributed by atoms with Crippen LogP contribution in [-0.4, -0.2) is 18.5 Å². The standard InChI is InChI=1S/C26H27NO4/c1-26(2,3)21-11-9-20(10-12-21)25(29)31-18-24(28)27-22-13-15-23(16-14-22)30-17-19-7-5-4-6-8-19/h4-16H,17-18H2,1-3H3,(H,27,28). The summed E-state index contributed by atoms with van der Waals surface area (Å²) < 4.78 is 10.9. The van der Waals surface area contributed by atoms with E-state index in [1.165, 1.54) is 0 Å². The van der Waals surface area contributed by atoms with E-state index in [1.807, 2.05) is 42.5 Å². The summed E-state index contributed by atoms with van der Waals surface area (Å²) in [4.78, 5) is 24.3. The van der Waals surface area contributed by atoms with Crippen molar-refractivity contribution in [3.05, 3.63) is 95.6 Å². The lowest BCUT2D eigenvalue weighted by Gasteiger charge is -2.18. The van der Waals surface area contributed by atoms with Crippen molar-refractivity contribution in [2.75, 3.05) is 11.9 Å². The third-order valence-electron chi connectivity index (χ3n) is 4.71. The van der Waals surface area contributed by atoms with Crippen LogP contribution in [0, 0.1) is 0 Å². The molecule has 0 unspecified atom stereocenters. The average molecular weight is 418 g/mol. The van der Waals surface area contributed by atoms with E-state index in [0.717, 1.165) is 11.1 Å². The lowest BCUT2D eigenvalue weighted by molar-refractivity contribution is -0.119. The molecule has 31 heavy (non-hydrogen) atoms. The van der Waals surface area contributed by atoms with E-state index in [4.69, 9.17) is 9.47 Å². The number of carbonyl (C=O) groups excluding carboxylic acids is 2. The predicted octanol–water partition coefficient (Wildman–Crippen LogP) is 5.36. The van der Waals surface area contributed by atoms with Gasteiger partial charge in [-0.25, -0.2) is 4.79 Å². The normalized spacial score (nSPS) is 10.9. The average Bonchev–Trinajstić information content (AvgIpc) is 2.77. The third kappa shape index (κ3) is 6.71. The Morgan fingerprint density at radius 1 is 0.839 bits per heavy atom. The molecule has 0 aromatic heterocycles. The van der Waals surface area contributed by atoms with Crippen LogP contribution in [0.1, 0.15) is 42.3 Å². The first-order valence-corrected chi connectivity index (χ1v) is 10.2. The van der Waals surface area contributed by atoms with Crippen LogP contribution in [0.4, 0.5) is 5.69 Å². The largest absolute Gasteiger partial charge is 0.489 e. The molecule has 160 valence electrons. The smallest absolute Gasteiger partial charge is 0.338 e. The Morgan fingerprint density at radius 2 is 1.48 bits per heavy atom. The van der Waals surface area contributed by atoms with Crippen LogP contribution >= 0.6 is 0 Å². The molecule has 0 fully saturated rings. The Labute approximate surface area is 183 Å². The fourth-order valence-corrected chi connectivity index (χ4v) is 2.89. The molecule has 0 spiro atoms. The van der Waals surface area contributed by atoms with Crippen molar-refractivity contribution in [2.24, 2.45) is 0 Å². The van der Waals surface area contributed by atoms with E-state index in [0.29, 0.717) is 23.6 Å². The maximum absolute atomic E-state index is 12.2. The van der Waals surface area contributed by atoms with Crippen LogP contribution in [0.25, 0.3) is 0 Å². The maximum atomic E-state index is 12.2. The quantitative estimate of drug-likeness (QED) is 0.526. The summed E-state index contributed by atoms with van der Waals surface area (Å²) in [7, 11) is 0. The van der Waals surface area contributed by atoms with Crippen LogP contribution in [0.15, 0.2) is 78.9 Å². The Hall–Kier alpha value is -3.60. The molecule has 0 saturated heterocycles. The lowest BCUT2D eigenvalue weighted by atomic mass is 9.87. The molecule has 3 aromatic carbocycles. The number of hydrogen-bond acceptors (Lipinski definition) is 4. The zero-order chi connectivity index (χ0) is 22.3. The summed E-state index contributed by atoms with van der Waals surface area (Å²) in [5.74, 6) is -0.232. The van der Waals surface area contributed by atoms with E-state index >= 15 is 0 Å². The zero-order valence-corrected chi connectivity index (χ0v) is 18.1. The number of amides is 1. The highest BCUT2D eigenvalue weighted by atomic mass is 16.5. The highest BCUT2D eigenvalue weighted by molar-refractivity contribution is 5.95. The Kier molecular flexibility index (Phi) is 7.08. The number of nitrogens with one attached hydrogen (secondary N) is 1. The molecule has 0 saturated carbocycles. The van der Waals surface area contributed by atoms with Gasteiger partial charge in [0.25, 0.3) is 5.91 Å². The number of hydrogen-bond donors (Lipinski definition) is 1. The van der Waals surface area contributed by atoms with Gasteiger partial charge in [0.2, 0.25) is 0 Å². The molecule has 0 atom stereocenters. The molecule has 5 heteroatoms. The number of anilines is 1. The molecule has 1 amide bonds. The second-order valence-corrected chi connectivity index (χ2v) is 8.25. The zero-order valence-electron chi connectivity index (χ0n) is 18.1. The molecule has 5 nitrogen and oxygen atoms in total. The van der Waals surface area contributed by atoms with Crippen molar-refractivity contribution in [1.82, 2.24) is 0 Å². The summed E-state index contributed by atoms with van der Waals surface area (Å²) in [6.07, 6.45) is 0. The number of esters is 1. The van der Waals surface area contributed by atoms with Crippen LogP contribution in [-0.2, 0) is 21.6 Å². The summed E-state index contributed by atoms with van der Waals surface area (Å²) in [5.41, 5.74) is 3.22. The van der Waals surface area contributed by atoms with E-state index in [9.17, 15) is 9.59 Å². The predicted molar refractivity (Wildman–Crippen MR) is 121 cm³/mol. The molecule has 1 N–H and O–H groups in total. The van der Waals surface area contributed by atoms with E-state index in [2.05, 4.69) is 26.1 Å². The molecular weight excluding hydrogens is 390 g/mol. The number of benzene rings is 3. The molecule has 0 aliphatic heterocycles. The van der Waals surface area contributed by atoms with Gasteiger partial charge in [0.15, 0.2) is 6.61 Å². The lowest BCUT2D eigenvalue weighted by Crippen LogP contribution is -2.21. The van der Waals surface area contributed by atoms with Crippen molar-refractivity contribution in [3.8, 4) is 5.75 Å². The number of ether oxygens (including phenoxy) is 2.